The van der Waals surface area contributed by atoms with Crippen LogP contribution in [0.1, 0.15) is 35.7 Å². The Morgan fingerprint density at radius 1 is 1.43 bits per heavy atom. The highest BCUT2D eigenvalue weighted by molar-refractivity contribution is 9.10. The molecule has 0 saturated heterocycles. The highest BCUT2D eigenvalue weighted by atomic mass is 79.9. The maximum atomic E-state index is 14.3. The molecular weight excluding hydrogens is 372 g/mol. The maximum absolute atomic E-state index is 14.3. The van der Waals surface area contributed by atoms with Crippen molar-refractivity contribution < 1.29 is 23.1 Å². The summed E-state index contributed by atoms with van der Waals surface area (Å²) in [6, 6.07) is 0.972. The molecule has 1 fully saturated rings. The lowest BCUT2D eigenvalue weighted by Gasteiger charge is -2.10. The van der Waals surface area contributed by atoms with Gasteiger partial charge in [-0.2, -0.15) is 0 Å². The van der Waals surface area contributed by atoms with Crippen LogP contribution in [0.3, 0.4) is 0 Å². The molecule has 0 spiro atoms. The molecule has 1 N–H and O–H groups in total. The largest absolute Gasteiger partial charge is 0.462 e. The first-order valence-electron chi connectivity index (χ1n) is 7.18. The van der Waals surface area contributed by atoms with Crippen molar-refractivity contribution in [1.82, 2.24) is 5.32 Å². The number of ketones is 1. The van der Waals surface area contributed by atoms with Gasteiger partial charge in [-0.15, -0.1) is 0 Å². The van der Waals surface area contributed by atoms with E-state index in [9.17, 15) is 18.4 Å². The molecule has 2 rings (SSSR count). The number of nitrogens with one attached hydrogen (secondary N) is 1. The van der Waals surface area contributed by atoms with Crippen LogP contribution in [0.5, 0.6) is 0 Å². The Balaban J connectivity index is 2.40. The molecule has 0 radical (unpaired) electrons. The van der Waals surface area contributed by atoms with Gasteiger partial charge in [0.05, 0.1) is 16.6 Å². The number of hydrogen-bond donors (Lipinski definition) is 1. The second-order valence-electron chi connectivity index (χ2n) is 5.21. The topological polar surface area (TPSA) is 55.4 Å². The van der Waals surface area contributed by atoms with Gasteiger partial charge in [0.25, 0.3) is 0 Å². The van der Waals surface area contributed by atoms with Crippen LogP contribution in [-0.4, -0.2) is 24.4 Å². The molecule has 0 aromatic heterocycles. The molecule has 1 saturated carbocycles. The minimum Gasteiger partial charge on any atom is -0.462 e. The van der Waals surface area contributed by atoms with Gasteiger partial charge in [-0.3, -0.25) is 4.79 Å². The van der Waals surface area contributed by atoms with Crippen molar-refractivity contribution in [3.8, 4) is 0 Å². The number of carbonyl (C=O) groups excluding carboxylic acids is 2. The van der Waals surface area contributed by atoms with E-state index in [0.717, 1.165) is 18.9 Å². The number of halogens is 3. The third-order valence-electron chi connectivity index (χ3n) is 3.40. The third-order valence-corrected chi connectivity index (χ3v) is 4.37. The highest BCUT2D eigenvalue weighted by Crippen LogP contribution is 2.27. The van der Waals surface area contributed by atoms with Gasteiger partial charge in [0.15, 0.2) is 0 Å². The predicted octanol–water partition coefficient (Wildman–Crippen LogP) is 3.42. The predicted molar refractivity (Wildman–Crippen MR) is 84.0 cm³/mol. The van der Waals surface area contributed by atoms with Gasteiger partial charge in [0.1, 0.15) is 17.2 Å². The first kappa shape index (κ1) is 17.6. The van der Waals surface area contributed by atoms with Crippen molar-refractivity contribution in [3.05, 3.63) is 45.1 Å². The van der Waals surface area contributed by atoms with E-state index in [1.807, 2.05) is 0 Å². The Bertz CT molecular complexity index is 684. The molecule has 0 aliphatic heterocycles. The summed E-state index contributed by atoms with van der Waals surface area (Å²) in [6.45, 7) is 3.01. The Kier molecular flexibility index (Phi) is 5.51. The molecule has 7 heteroatoms. The summed E-state index contributed by atoms with van der Waals surface area (Å²) >= 11 is 2.92. The summed E-state index contributed by atoms with van der Waals surface area (Å²) in [7, 11) is 0. The summed E-state index contributed by atoms with van der Waals surface area (Å²) in [5, 5.41) is 2.90. The molecule has 0 bridgehead atoms. The molecule has 0 atom stereocenters. The zero-order valence-electron chi connectivity index (χ0n) is 12.7. The summed E-state index contributed by atoms with van der Waals surface area (Å²) in [5.41, 5.74) is -0.884. The lowest BCUT2D eigenvalue weighted by atomic mass is 10.0. The molecular formula is C16H16BrF2NO3. The Morgan fingerprint density at radius 2 is 2.09 bits per heavy atom. The van der Waals surface area contributed by atoms with Gasteiger partial charge in [-0.25, -0.2) is 13.6 Å². The quantitative estimate of drug-likeness (QED) is 0.203. The van der Waals surface area contributed by atoms with E-state index in [1.165, 1.54) is 13.1 Å². The molecule has 4 nitrogen and oxygen atoms in total. The smallest absolute Gasteiger partial charge is 0.343 e. The number of esters is 1. The van der Waals surface area contributed by atoms with Crippen LogP contribution in [0, 0.1) is 18.6 Å². The lowest BCUT2D eigenvalue weighted by molar-refractivity contribution is -0.138. The molecule has 1 aliphatic rings. The fraction of sp³-hybridized carbons (Fsp3) is 0.375. The van der Waals surface area contributed by atoms with Gasteiger partial charge in [-0.05, 0) is 48.7 Å². The van der Waals surface area contributed by atoms with Crippen molar-refractivity contribution in [3.63, 3.8) is 0 Å². The average Bonchev–Trinajstić information content (AvgIpc) is 3.33. The van der Waals surface area contributed by atoms with Gasteiger partial charge in [-0.1, -0.05) is 0 Å². The van der Waals surface area contributed by atoms with Gasteiger partial charge in [0, 0.05) is 17.8 Å². The molecule has 1 aromatic rings. The van der Waals surface area contributed by atoms with E-state index in [1.54, 1.807) is 6.92 Å². The van der Waals surface area contributed by atoms with Crippen LogP contribution in [0.25, 0.3) is 0 Å². The standard InChI is InChI=1S/C16H16BrF2NO3/c1-3-23-16(22)11(7-20-9-4-5-9)15(21)10-6-12(18)13(17)8(2)14(10)19/h6-7,9,20H,3-5H2,1-2H3/b11-7-. The maximum Gasteiger partial charge on any atom is 0.343 e. The third kappa shape index (κ3) is 3.96. The van der Waals surface area contributed by atoms with Crippen LogP contribution >= 0.6 is 15.9 Å². The number of benzene rings is 1. The first-order chi connectivity index (χ1) is 10.9. The number of rotatable bonds is 6. The van der Waals surface area contributed by atoms with E-state index in [2.05, 4.69) is 21.2 Å². The molecule has 23 heavy (non-hydrogen) atoms. The van der Waals surface area contributed by atoms with Crippen LogP contribution in [0.4, 0.5) is 8.78 Å². The van der Waals surface area contributed by atoms with Crippen LogP contribution in [0.15, 0.2) is 22.3 Å². The molecule has 124 valence electrons. The van der Waals surface area contributed by atoms with E-state index < -0.39 is 29.0 Å². The minimum absolute atomic E-state index is 0.0355. The first-order valence-corrected chi connectivity index (χ1v) is 7.98. The van der Waals surface area contributed by atoms with Crippen molar-refractivity contribution in [2.24, 2.45) is 0 Å². The van der Waals surface area contributed by atoms with Crippen molar-refractivity contribution in [1.29, 1.82) is 0 Å². The zero-order valence-corrected chi connectivity index (χ0v) is 14.3. The number of Topliss-reactive ketones (excluding diaryl/α,β-unsaturated/α-hetero) is 1. The average molecular weight is 388 g/mol. The van der Waals surface area contributed by atoms with Crippen LogP contribution in [-0.2, 0) is 9.53 Å². The fourth-order valence-electron chi connectivity index (χ4n) is 1.92. The second-order valence-corrected chi connectivity index (χ2v) is 6.00. The van der Waals surface area contributed by atoms with Crippen molar-refractivity contribution >= 4 is 27.7 Å². The molecule has 0 unspecified atom stereocenters. The van der Waals surface area contributed by atoms with Crippen molar-refractivity contribution in [2.75, 3.05) is 6.61 Å². The Hall–Kier alpha value is -1.76. The zero-order chi connectivity index (χ0) is 17.1. The summed E-state index contributed by atoms with van der Waals surface area (Å²) in [5.74, 6) is -3.43. The summed E-state index contributed by atoms with van der Waals surface area (Å²) in [6.07, 6.45) is 3.09. The minimum atomic E-state index is -0.913. The molecule has 0 heterocycles. The number of hydrogen-bond acceptors (Lipinski definition) is 4. The van der Waals surface area contributed by atoms with Crippen molar-refractivity contribution in [2.45, 2.75) is 32.7 Å². The van der Waals surface area contributed by atoms with E-state index in [-0.39, 0.29) is 28.3 Å². The summed E-state index contributed by atoms with van der Waals surface area (Å²) < 4.78 is 32.9. The Labute approximate surface area is 141 Å². The molecule has 1 aliphatic carbocycles. The number of carbonyl (C=O) groups is 2. The lowest BCUT2D eigenvalue weighted by Crippen LogP contribution is -2.21. The Morgan fingerprint density at radius 3 is 2.65 bits per heavy atom. The molecule has 1 aromatic carbocycles. The van der Waals surface area contributed by atoms with Crippen LogP contribution in [0.2, 0.25) is 0 Å². The fourth-order valence-corrected chi connectivity index (χ4v) is 2.21. The highest BCUT2D eigenvalue weighted by Gasteiger charge is 2.28. The monoisotopic (exact) mass is 387 g/mol. The SMILES string of the molecule is CCOC(=O)/C(=C\NC1CC1)C(=O)c1cc(F)c(Br)c(C)c1F. The van der Waals surface area contributed by atoms with Gasteiger partial charge < -0.3 is 10.1 Å². The second kappa shape index (κ2) is 7.21. The van der Waals surface area contributed by atoms with E-state index in [0.29, 0.717) is 0 Å². The van der Waals surface area contributed by atoms with Gasteiger partial charge >= 0.3 is 5.97 Å². The van der Waals surface area contributed by atoms with E-state index >= 15 is 0 Å². The number of ether oxygens (including phenoxy) is 1. The normalized spacial score (nSPS) is 14.6. The summed E-state index contributed by atoms with van der Waals surface area (Å²) in [4.78, 5) is 24.5. The van der Waals surface area contributed by atoms with Crippen LogP contribution < -0.4 is 5.32 Å². The van der Waals surface area contributed by atoms with E-state index in [4.69, 9.17) is 4.74 Å². The molecule has 0 amide bonds. The van der Waals surface area contributed by atoms with Gasteiger partial charge in [0.2, 0.25) is 5.78 Å².